The molecule has 0 bridgehead atoms. The Bertz CT molecular complexity index is 668. The van der Waals surface area contributed by atoms with Crippen LogP contribution < -0.4 is 4.74 Å². The zero-order valence-corrected chi connectivity index (χ0v) is 14.0. The largest absolute Gasteiger partial charge is 0.508 e. The molecule has 1 atom stereocenters. The second-order valence-electron chi connectivity index (χ2n) is 6.48. The van der Waals surface area contributed by atoms with Crippen LogP contribution in [-0.4, -0.2) is 30.2 Å². The fourth-order valence-corrected chi connectivity index (χ4v) is 3.52. The molecule has 1 aliphatic heterocycles. The van der Waals surface area contributed by atoms with Crippen LogP contribution in [0.1, 0.15) is 35.4 Å². The van der Waals surface area contributed by atoms with Crippen LogP contribution in [0.2, 0.25) is 0 Å². The molecule has 0 saturated carbocycles. The van der Waals surface area contributed by atoms with E-state index in [9.17, 15) is 5.11 Å². The van der Waals surface area contributed by atoms with E-state index >= 15 is 0 Å². The van der Waals surface area contributed by atoms with Gasteiger partial charge in [-0.25, -0.2) is 0 Å². The Hall–Kier alpha value is -2.00. The Kier molecular flexibility index (Phi) is 4.87. The number of rotatable bonds is 4. The summed E-state index contributed by atoms with van der Waals surface area (Å²) in [6, 6.07) is 14.2. The molecule has 2 aromatic carbocycles. The highest BCUT2D eigenvalue weighted by molar-refractivity contribution is 5.39. The van der Waals surface area contributed by atoms with Gasteiger partial charge in [-0.3, -0.25) is 4.90 Å². The second-order valence-corrected chi connectivity index (χ2v) is 6.48. The summed E-state index contributed by atoms with van der Waals surface area (Å²) in [5, 5.41) is 9.75. The molecule has 0 spiro atoms. The van der Waals surface area contributed by atoms with Crippen molar-refractivity contribution in [3.63, 3.8) is 0 Å². The Morgan fingerprint density at radius 3 is 2.87 bits per heavy atom. The quantitative estimate of drug-likeness (QED) is 0.923. The number of benzene rings is 2. The summed E-state index contributed by atoms with van der Waals surface area (Å²) in [6.07, 6.45) is 2.46. The van der Waals surface area contributed by atoms with Crippen LogP contribution in [0.25, 0.3) is 0 Å². The number of ether oxygens (including phenoxy) is 1. The van der Waals surface area contributed by atoms with Crippen molar-refractivity contribution in [1.29, 1.82) is 0 Å². The first-order valence-corrected chi connectivity index (χ1v) is 8.30. The number of likely N-dealkylation sites (tertiary alicyclic amines) is 1. The Balaban J connectivity index is 1.73. The van der Waals surface area contributed by atoms with E-state index in [4.69, 9.17) is 4.74 Å². The summed E-state index contributed by atoms with van der Waals surface area (Å²) in [5.74, 6) is 1.74. The minimum absolute atomic E-state index is 0.299. The van der Waals surface area contributed by atoms with Gasteiger partial charge in [0.2, 0.25) is 0 Å². The maximum atomic E-state index is 9.75. The van der Waals surface area contributed by atoms with Gasteiger partial charge >= 0.3 is 0 Å². The van der Waals surface area contributed by atoms with Crippen molar-refractivity contribution in [1.82, 2.24) is 4.90 Å². The van der Waals surface area contributed by atoms with Crippen LogP contribution in [0.3, 0.4) is 0 Å². The third-order valence-electron chi connectivity index (χ3n) is 4.68. The highest BCUT2D eigenvalue weighted by Gasteiger charge is 2.22. The summed E-state index contributed by atoms with van der Waals surface area (Å²) < 4.78 is 5.43. The first kappa shape index (κ1) is 15.9. The summed E-state index contributed by atoms with van der Waals surface area (Å²) in [7, 11) is 1.68. The normalized spacial score (nSPS) is 18.8. The number of hydrogen-bond acceptors (Lipinski definition) is 3. The number of phenolic OH excluding ortho intramolecular Hbond substituents is 1. The van der Waals surface area contributed by atoms with Gasteiger partial charge in [-0.05, 0) is 56.0 Å². The molecule has 1 saturated heterocycles. The number of methoxy groups -OCH3 is 1. The molecule has 2 aromatic rings. The lowest BCUT2D eigenvalue weighted by Crippen LogP contribution is -2.34. The van der Waals surface area contributed by atoms with E-state index in [-0.39, 0.29) is 0 Å². The Morgan fingerprint density at radius 2 is 2.09 bits per heavy atom. The molecule has 3 rings (SSSR count). The van der Waals surface area contributed by atoms with Crippen LogP contribution >= 0.6 is 0 Å². The lowest BCUT2D eigenvalue weighted by atomic mass is 9.89. The van der Waals surface area contributed by atoms with E-state index in [0.29, 0.717) is 11.7 Å². The van der Waals surface area contributed by atoms with Gasteiger partial charge in [0.1, 0.15) is 11.5 Å². The number of aromatic hydroxyl groups is 1. The van der Waals surface area contributed by atoms with E-state index < -0.39 is 0 Å². The van der Waals surface area contributed by atoms with E-state index in [2.05, 4.69) is 36.1 Å². The molecule has 1 N–H and O–H groups in total. The number of nitrogens with zero attached hydrogens (tertiary/aromatic N) is 1. The van der Waals surface area contributed by atoms with Crippen molar-refractivity contribution < 1.29 is 9.84 Å². The average Bonchev–Trinajstić information content (AvgIpc) is 2.55. The summed E-state index contributed by atoms with van der Waals surface area (Å²) >= 11 is 0. The van der Waals surface area contributed by atoms with Crippen LogP contribution in [0.4, 0.5) is 0 Å². The van der Waals surface area contributed by atoms with Gasteiger partial charge < -0.3 is 9.84 Å². The fraction of sp³-hybridized carbons (Fsp3) is 0.400. The Morgan fingerprint density at radius 1 is 1.22 bits per heavy atom. The Labute approximate surface area is 138 Å². The summed E-state index contributed by atoms with van der Waals surface area (Å²) in [4.78, 5) is 2.47. The van der Waals surface area contributed by atoms with Crippen LogP contribution in [0, 0.1) is 6.92 Å². The number of hydrogen-bond donors (Lipinski definition) is 1. The standard InChI is InChI=1S/C20H25NO2/c1-15-5-3-6-16(11-15)17-7-4-10-21(13-17)14-18-12-19(22)8-9-20(18)23-2/h3,5-6,8-9,11-12,17,22H,4,7,10,13-14H2,1-2H3. The van der Waals surface area contributed by atoms with Crippen molar-refractivity contribution in [2.45, 2.75) is 32.2 Å². The monoisotopic (exact) mass is 311 g/mol. The number of phenols is 1. The van der Waals surface area contributed by atoms with Gasteiger partial charge in [-0.1, -0.05) is 29.8 Å². The number of piperidine rings is 1. The van der Waals surface area contributed by atoms with Crippen LogP contribution in [0.15, 0.2) is 42.5 Å². The van der Waals surface area contributed by atoms with Crippen molar-refractivity contribution in [3.8, 4) is 11.5 Å². The molecular weight excluding hydrogens is 286 g/mol. The van der Waals surface area contributed by atoms with Crippen LogP contribution in [0.5, 0.6) is 11.5 Å². The molecule has 0 aliphatic carbocycles. The van der Waals surface area contributed by atoms with Gasteiger partial charge in [0.05, 0.1) is 7.11 Å². The zero-order chi connectivity index (χ0) is 16.2. The third-order valence-corrected chi connectivity index (χ3v) is 4.68. The molecule has 3 nitrogen and oxygen atoms in total. The van der Waals surface area contributed by atoms with E-state index in [1.807, 2.05) is 12.1 Å². The maximum absolute atomic E-state index is 9.75. The molecule has 1 fully saturated rings. The van der Waals surface area contributed by atoms with E-state index in [1.54, 1.807) is 13.2 Å². The lowest BCUT2D eigenvalue weighted by molar-refractivity contribution is 0.198. The first-order valence-electron chi connectivity index (χ1n) is 8.30. The van der Waals surface area contributed by atoms with E-state index in [1.165, 1.54) is 24.0 Å². The molecule has 23 heavy (non-hydrogen) atoms. The molecular formula is C20H25NO2. The highest BCUT2D eigenvalue weighted by atomic mass is 16.5. The van der Waals surface area contributed by atoms with Crippen molar-refractivity contribution in [2.75, 3.05) is 20.2 Å². The highest BCUT2D eigenvalue weighted by Crippen LogP contribution is 2.30. The predicted octanol–water partition coefficient (Wildman–Crippen LogP) is 4.09. The fourth-order valence-electron chi connectivity index (χ4n) is 3.52. The lowest BCUT2D eigenvalue weighted by Gasteiger charge is -2.33. The summed E-state index contributed by atoms with van der Waals surface area (Å²) in [5.41, 5.74) is 3.82. The van der Waals surface area contributed by atoms with Gasteiger partial charge in [-0.2, -0.15) is 0 Å². The molecule has 1 heterocycles. The van der Waals surface area contributed by atoms with Gasteiger partial charge in [0.25, 0.3) is 0 Å². The smallest absolute Gasteiger partial charge is 0.123 e. The van der Waals surface area contributed by atoms with Crippen LogP contribution in [-0.2, 0) is 6.54 Å². The van der Waals surface area contributed by atoms with Crippen molar-refractivity contribution >= 4 is 0 Å². The molecule has 1 aliphatic rings. The minimum Gasteiger partial charge on any atom is -0.508 e. The molecule has 0 aromatic heterocycles. The molecule has 0 amide bonds. The van der Waals surface area contributed by atoms with Crippen molar-refractivity contribution in [2.24, 2.45) is 0 Å². The molecule has 3 heteroatoms. The molecule has 122 valence electrons. The molecule has 1 unspecified atom stereocenters. The summed E-state index contributed by atoms with van der Waals surface area (Å²) in [6.45, 7) is 5.13. The maximum Gasteiger partial charge on any atom is 0.123 e. The average molecular weight is 311 g/mol. The zero-order valence-electron chi connectivity index (χ0n) is 14.0. The van der Waals surface area contributed by atoms with Gasteiger partial charge in [0.15, 0.2) is 0 Å². The SMILES string of the molecule is COc1ccc(O)cc1CN1CCCC(c2cccc(C)c2)C1. The first-order chi connectivity index (χ1) is 11.2. The predicted molar refractivity (Wildman–Crippen MR) is 93.1 cm³/mol. The van der Waals surface area contributed by atoms with Crippen molar-refractivity contribution in [3.05, 3.63) is 59.2 Å². The van der Waals surface area contributed by atoms with E-state index in [0.717, 1.165) is 30.9 Å². The second kappa shape index (κ2) is 7.05. The molecule has 0 radical (unpaired) electrons. The topological polar surface area (TPSA) is 32.7 Å². The number of aryl methyl sites for hydroxylation is 1. The minimum atomic E-state index is 0.299. The third kappa shape index (κ3) is 3.85. The van der Waals surface area contributed by atoms with Gasteiger partial charge in [-0.15, -0.1) is 0 Å². The van der Waals surface area contributed by atoms with Gasteiger partial charge in [0, 0.05) is 18.7 Å².